The van der Waals surface area contributed by atoms with Crippen LogP contribution in [0.4, 0.5) is 0 Å². The average molecular weight is 530 g/mol. The van der Waals surface area contributed by atoms with Crippen LogP contribution in [0.25, 0.3) is 0 Å². The lowest BCUT2D eigenvalue weighted by atomic mass is 10.2. The summed E-state index contributed by atoms with van der Waals surface area (Å²) in [6, 6.07) is 18.5. The third kappa shape index (κ3) is 7.07. The van der Waals surface area contributed by atoms with Crippen molar-refractivity contribution in [3.05, 3.63) is 88.4 Å². The number of amides is 1. The Balaban J connectivity index is 1.78. The van der Waals surface area contributed by atoms with E-state index in [-0.39, 0.29) is 11.4 Å². The number of carbonyl (C=O) groups is 1. The number of carbonyl (C=O) groups excluding carboxylic acids is 1. The van der Waals surface area contributed by atoms with Gasteiger partial charge < -0.3 is 9.47 Å². The molecule has 10 heteroatoms. The number of hydrogen-bond donors (Lipinski definition) is 1. The molecule has 0 fully saturated rings. The molecular weight excluding hydrogens is 502 g/mol. The normalized spacial score (nSPS) is 11.6. The summed E-state index contributed by atoms with van der Waals surface area (Å²) in [5, 5.41) is 4.38. The molecule has 0 aliphatic carbocycles. The minimum absolute atomic E-state index is 0.0803. The lowest BCUT2D eigenvalue weighted by Crippen LogP contribution is -2.39. The lowest BCUT2D eigenvalue weighted by molar-refractivity contribution is -0.121. The van der Waals surface area contributed by atoms with E-state index in [4.69, 9.17) is 21.1 Å². The van der Waals surface area contributed by atoms with Gasteiger partial charge in [0.1, 0.15) is 0 Å². The van der Waals surface area contributed by atoms with E-state index in [0.717, 1.165) is 9.87 Å². The van der Waals surface area contributed by atoms with Crippen LogP contribution in [0.3, 0.4) is 0 Å². The first-order chi connectivity index (χ1) is 17.2. The molecular formula is C26H28ClN3O5S. The van der Waals surface area contributed by atoms with E-state index < -0.39 is 22.5 Å². The van der Waals surface area contributed by atoms with Gasteiger partial charge >= 0.3 is 0 Å². The Morgan fingerprint density at radius 1 is 1.08 bits per heavy atom. The van der Waals surface area contributed by atoms with Crippen LogP contribution in [0.1, 0.15) is 23.6 Å². The highest BCUT2D eigenvalue weighted by Crippen LogP contribution is 2.27. The van der Waals surface area contributed by atoms with Crippen LogP contribution in [-0.4, -0.2) is 45.1 Å². The van der Waals surface area contributed by atoms with Crippen molar-refractivity contribution in [1.29, 1.82) is 0 Å². The lowest BCUT2D eigenvalue weighted by Gasteiger charge is -2.22. The minimum atomic E-state index is -3.99. The number of sulfonamides is 1. The summed E-state index contributed by atoms with van der Waals surface area (Å²) < 4.78 is 38.6. The van der Waals surface area contributed by atoms with E-state index >= 15 is 0 Å². The van der Waals surface area contributed by atoms with Crippen molar-refractivity contribution in [2.45, 2.75) is 25.3 Å². The number of hydrogen-bond acceptors (Lipinski definition) is 6. The highest BCUT2D eigenvalue weighted by atomic mass is 35.5. The Labute approximate surface area is 216 Å². The second-order valence-electron chi connectivity index (χ2n) is 7.81. The maximum Gasteiger partial charge on any atom is 0.255 e. The molecule has 36 heavy (non-hydrogen) atoms. The van der Waals surface area contributed by atoms with E-state index in [1.165, 1.54) is 25.5 Å². The molecule has 0 saturated carbocycles. The maximum absolute atomic E-state index is 13.4. The van der Waals surface area contributed by atoms with Gasteiger partial charge in [-0.3, -0.25) is 4.79 Å². The van der Waals surface area contributed by atoms with Gasteiger partial charge in [-0.25, -0.2) is 13.8 Å². The topological polar surface area (TPSA) is 97.3 Å². The van der Waals surface area contributed by atoms with Crippen molar-refractivity contribution in [3.63, 3.8) is 0 Å². The quantitative estimate of drug-likeness (QED) is 0.293. The number of methoxy groups -OCH3 is 1. The van der Waals surface area contributed by atoms with Gasteiger partial charge in [-0.2, -0.15) is 9.41 Å². The van der Waals surface area contributed by atoms with Crippen molar-refractivity contribution in [2.24, 2.45) is 5.10 Å². The van der Waals surface area contributed by atoms with Crippen molar-refractivity contribution in [3.8, 4) is 11.5 Å². The summed E-state index contributed by atoms with van der Waals surface area (Å²) in [7, 11) is -2.46. The van der Waals surface area contributed by atoms with Crippen LogP contribution in [0.5, 0.6) is 11.5 Å². The zero-order chi connectivity index (χ0) is 26.1. The molecule has 3 aromatic rings. The van der Waals surface area contributed by atoms with Gasteiger partial charge in [0.25, 0.3) is 5.91 Å². The van der Waals surface area contributed by atoms with Crippen molar-refractivity contribution in [2.75, 3.05) is 20.3 Å². The Morgan fingerprint density at radius 2 is 1.81 bits per heavy atom. The van der Waals surface area contributed by atoms with Crippen LogP contribution in [0.15, 0.2) is 76.7 Å². The summed E-state index contributed by atoms with van der Waals surface area (Å²) in [5.41, 5.74) is 4.55. The monoisotopic (exact) mass is 529 g/mol. The summed E-state index contributed by atoms with van der Waals surface area (Å²) >= 11 is 6.26. The molecule has 0 atom stereocenters. The van der Waals surface area contributed by atoms with E-state index in [0.29, 0.717) is 34.3 Å². The van der Waals surface area contributed by atoms with Crippen LogP contribution in [-0.2, 0) is 21.4 Å². The number of nitrogens with one attached hydrogen (secondary N) is 1. The molecule has 3 rings (SSSR count). The van der Waals surface area contributed by atoms with E-state index in [1.807, 2.05) is 13.8 Å². The molecule has 8 nitrogen and oxygen atoms in total. The predicted octanol–water partition coefficient (Wildman–Crippen LogP) is 4.40. The molecule has 1 amide bonds. The van der Waals surface area contributed by atoms with Gasteiger partial charge in [0.15, 0.2) is 11.5 Å². The first-order valence-corrected chi connectivity index (χ1v) is 13.0. The van der Waals surface area contributed by atoms with Crippen LogP contribution < -0.4 is 14.9 Å². The Bertz CT molecular complexity index is 1330. The molecule has 0 spiro atoms. The molecule has 0 aliphatic rings. The molecule has 0 radical (unpaired) electrons. The first-order valence-electron chi connectivity index (χ1n) is 11.2. The van der Waals surface area contributed by atoms with Crippen LogP contribution >= 0.6 is 11.6 Å². The molecule has 0 unspecified atom stereocenters. The van der Waals surface area contributed by atoms with Crippen LogP contribution in [0.2, 0.25) is 5.02 Å². The van der Waals surface area contributed by atoms with Crippen molar-refractivity contribution in [1.82, 2.24) is 9.73 Å². The van der Waals surface area contributed by atoms with E-state index in [2.05, 4.69) is 10.5 Å². The number of hydrazone groups is 1. The third-order valence-electron chi connectivity index (χ3n) is 5.17. The molecule has 0 aromatic heterocycles. The average Bonchev–Trinajstić information content (AvgIpc) is 2.86. The minimum Gasteiger partial charge on any atom is -0.493 e. The first kappa shape index (κ1) is 27.2. The van der Waals surface area contributed by atoms with E-state index in [9.17, 15) is 13.2 Å². The summed E-state index contributed by atoms with van der Waals surface area (Å²) in [6.07, 6.45) is 1.43. The molecule has 0 saturated heterocycles. The molecule has 3 aromatic carbocycles. The SMILES string of the molecule is CCOc1ccc(/C=N\NC(=O)CN(Cc2ccccc2Cl)S(=O)(=O)c2ccc(C)cc2)cc1OC. The Hall–Kier alpha value is -3.40. The standard InChI is InChI=1S/C26H28ClN3O5S/c1-4-35-24-14-11-20(15-25(24)34-3)16-28-29-26(31)18-30(17-21-7-5-6-8-23(21)27)36(32,33)22-12-9-19(2)10-13-22/h5-16H,4,17-18H2,1-3H3,(H,29,31)/b28-16-. The molecule has 0 heterocycles. The number of benzene rings is 3. The highest BCUT2D eigenvalue weighted by Gasteiger charge is 2.27. The van der Waals surface area contributed by atoms with Gasteiger partial charge in [0, 0.05) is 11.6 Å². The van der Waals surface area contributed by atoms with Gasteiger partial charge in [-0.15, -0.1) is 0 Å². The fraction of sp³-hybridized carbons (Fsp3) is 0.231. The smallest absolute Gasteiger partial charge is 0.255 e. The van der Waals surface area contributed by atoms with Gasteiger partial charge in [0.2, 0.25) is 10.0 Å². The zero-order valence-electron chi connectivity index (χ0n) is 20.3. The zero-order valence-corrected chi connectivity index (χ0v) is 21.8. The fourth-order valence-corrected chi connectivity index (χ4v) is 4.89. The summed E-state index contributed by atoms with van der Waals surface area (Å²) in [5.74, 6) is 0.520. The number of halogens is 1. The molecule has 190 valence electrons. The number of nitrogens with zero attached hydrogens (tertiary/aromatic N) is 2. The maximum atomic E-state index is 13.4. The Kier molecular flexibility index (Phi) is 9.46. The van der Waals surface area contributed by atoms with Gasteiger partial charge in [0.05, 0.1) is 31.4 Å². The second kappa shape index (κ2) is 12.5. The number of rotatable bonds is 11. The number of aryl methyl sites for hydroxylation is 1. The van der Waals surface area contributed by atoms with Crippen LogP contribution in [0, 0.1) is 6.92 Å². The molecule has 0 aliphatic heterocycles. The fourth-order valence-electron chi connectivity index (χ4n) is 3.32. The third-order valence-corrected chi connectivity index (χ3v) is 7.35. The van der Waals surface area contributed by atoms with Crippen molar-refractivity contribution < 1.29 is 22.7 Å². The molecule has 1 N–H and O–H groups in total. The summed E-state index contributed by atoms with van der Waals surface area (Å²) in [4.78, 5) is 12.8. The van der Waals surface area contributed by atoms with Crippen molar-refractivity contribution >= 4 is 33.7 Å². The largest absolute Gasteiger partial charge is 0.493 e. The highest BCUT2D eigenvalue weighted by molar-refractivity contribution is 7.89. The second-order valence-corrected chi connectivity index (χ2v) is 10.2. The number of ether oxygens (including phenoxy) is 2. The Morgan fingerprint density at radius 3 is 2.47 bits per heavy atom. The van der Waals surface area contributed by atoms with E-state index in [1.54, 1.807) is 54.6 Å². The summed E-state index contributed by atoms with van der Waals surface area (Å²) in [6.45, 7) is 3.70. The molecule has 0 bridgehead atoms. The van der Waals surface area contributed by atoms with Gasteiger partial charge in [-0.1, -0.05) is 47.5 Å². The van der Waals surface area contributed by atoms with Gasteiger partial charge in [-0.05, 0) is 61.4 Å². The predicted molar refractivity (Wildman–Crippen MR) is 140 cm³/mol.